The van der Waals surface area contributed by atoms with Crippen molar-refractivity contribution < 1.29 is 4.79 Å². The van der Waals surface area contributed by atoms with Crippen LogP contribution in [0, 0.1) is 6.92 Å². The van der Waals surface area contributed by atoms with E-state index in [0.717, 1.165) is 11.3 Å². The molecule has 1 amide bonds. The summed E-state index contributed by atoms with van der Waals surface area (Å²) in [5.41, 5.74) is 8.20. The highest BCUT2D eigenvalue weighted by molar-refractivity contribution is 7.17. The van der Waals surface area contributed by atoms with Crippen molar-refractivity contribution in [3.8, 4) is 0 Å². The fourth-order valence-corrected chi connectivity index (χ4v) is 2.78. The van der Waals surface area contributed by atoms with E-state index in [1.807, 2.05) is 24.3 Å². The van der Waals surface area contributed by atoms with Gasteiger partial charge in [-0.2, -0.15) is 0 Å². The Morgan fingerprint density at radius 1 is 1.30 bits per heavy atom. The average Bonchev–Trinajstić information content (AvgIpc) is 2.68. The van der Waals surface area contributed by atoms with E-state index < -0.39 is 0 Å². The number of para-hydroxylation sites is 1. The van der Waals surface area contributed by atoms with Crippen LogP contribution < -0.4 is 11.1 Å². The second kappa shape index (κ2) is 5.25. The molecule has 1 aromatic carbocycles. The Morgan fingerprint density at radius 2 is 1.95 bits per heavy atom. The topological polar surface area (TPSA) is 68.0 Å². The molecular formula is C15H19N3OS. The van der Waals surface area contributed by atoms with E-state index in [4.69, 9.17) is 5.73 Å². The van der Waals surface area contributed by atoms with Crippen LogP contribution in [0.4, 0.5) is 10.8 Å². The lowest BCUT2D eigenvalue weighted by Gasteiger charge is -2.22. The first-order valence-corrected chi connectivity index (χ1v) is 7.24. The number of carbonyl (C=O) groups excluding carboxylic acids is 1. The predicted octanol–water partition coefficient (Wildman–Crippen LogP) is 3.58. The third-order valence-electron chi connectivity index (χ3n) is 3.00. The van der Waals surface area contributed by atoms with Gasteiger partial charge in [0.25, 0.3) is 5.91 Å². The number of nitrogens with one attached hydrogen (secondary N) is 1. The molecule has 3 N–H and O–H groups in total. The number of hydrogen-bond acceptors (Lipinski definition) is 4. The van der Waals surface area contributed by atoms with E-state index in [-0.39, 0.29) is 11.3 Å². The van der Waals surface area contributed by atoms with Crippen LogP contribution in [-0.2, 0) is 5.41 Å². The van der Waals surface area contributed by atoms with Gasteiger partial charge in [-0.1, -0.05) is 50.3 Å². The molecule has 5 heteroatoms. The van der Waals surface area contributed by atoms with Crippen LogP contribution in [0.1, 0.15) is 41.7 Å². The van der Waals surface area contributed by atoms with E-state index >= 15 is 0 Å². The van der Waals surface area contributed by atoms with Gasteiger partial charge >= 0.3 is 0 Å². The highest BCUT2D eigenvalue weighted by Gasteiger charge is 2.20. The van der Waals surface area contributed by atoms with Crippen molar-refractivity contribution in [1.82, 2.24) is 4.98 Å². The van der Waals surface area contributed by atoms with Crippen molar-refractivity contribution in [1.29, 1.82) is 0 Å². The predicted molar refractivity (Wildman–Crippen MR) is 84.4 cm³/mol. The normalized spacial score (nSPS) is 11.4. The Hall–Kier alpha value is -1.88. The van der Waals surface area contributed by atoms with Crippen LogP contribution >= 0.6 is 11.3 Å². The molecule has 0 saturated heterocycles. The molecule has 0 aliphatic rings. The molecular weight excluding hydrogens is 270 g/mol. The molecule has 0 radical (unpaired) electrons. The van der Waals surface area contributed by atoms with Crippen molar-refractivity contribution in [2.75, 3.05) is 11.1 Å². The molecule has 4 nitrogen and oxygen atoms in total. The van der Waals surface area contributed by atoms with Crippen molar-refractivity contribution >= 4 is 28.1 Å². The molecule has 0 atom stereocenters. The maximum Gasteiger partial charge on any atom is 0.267 e. The summed E-state index contributed by atoms with van der Waals surface area (Å²) in [6.07, 6.45) is 0. The van der Waals surface area contributed by atoms with Gasteiger partial charge in [0.1, 0.15) is 4.88 Å². The summed E-state index contributed by atoms with van der Waals surface area (Å²) in [4.78, 5) is 17.0. The minimum Gasteiger partial charge on any atom is -0.375 e. The Morgan fingerprint density at radius 3 is 2.50 bits per heavy atom. The molecule has 20 heavy (non-hydrogen) atoms. The number of benzene rings is 1. The number of carbonyl (C=O) groups is 1. The van der Waals surface area contributed by atoms with Gasteiger partial charge in [-0.25, -0.2) is 4.98 Å². The largest absolute Gasteiger partial charge is 0.375 e. The number of nitrogens with two attached hydrogens (primary N) is 1. The molecule has 0 fully saturated rings. The summed E-state index contributed by atoms with van der Waals surface area (Å²) < 4.78 is 0. The third kappa shape index (κ3) is 2.99. The van der Waals surface area contributed by atoms with Crippen LogP contribution in [-0.4, -0.2) is 10.9 Å². The van der Waals surface area contributed by atoms with Gasteiger partial charge in [0, 0.05) is 5.69 Å². The summed E-state index contributed by atoms with van der Waals surface area (Å²) >= 11 is 1.21. The fourth-order valence-electron chi connectivity index (χ4n) is 2.05. The second-order valence-corrected chi connectivity index (χ2v) is 6.75. The monoisotopic (exact) mass is 289 g/mol. The third-order valence-corrected chi connectivity index (χ3v) is 3.99. The molecule has 106 valence electrons. The molecule has 1 aromatic heterocycles. The zero-order valence-corrected chi connectivity index (χ0v) is 13.0. The standard InChI is InChI=1S/C15H19N3OS/c1-9-12(20-14(16)17-9)13(19)18-11-8-6-5-7-10(11)15(2,3)4/h5-8H,1-4H3,(H2,16,17)(H,18,19). The lowest BCUT2D eigenvalue weighted by atomic mass is 9.86. The van der Waals surface area contributed by atoms with E-state index in [1.165, 1.54) is 11.3 Å². The zero-order chi connectivity index (χ0) is 14.9. The minimum absolute atomic E-state index is 0.0361. The first-order chi connectivity index (χ1) is 9.29. The molecule has 2 aromatic rings. The van der Waals surface area contributed by atoms with Crippen molar-refractivity contribution in [2.24, 2.45) is 0 Å². The van der Waals surface area contributed by atoms with Gasteiger partial charge in [-0.05, 0) is 24.0 Å². The summed E-state index contributed by atoms with van der Waals surface area (Å²) in [6, 6.07) is 7.84. The number of thiazole rings is 1. The Labute approximate surface area is 123 Å². The van der Waals surface area contributed by atoms with Crippen molar-refractivity contribution in [2.45, 2.75) is 33.1 Å². The summed E-state index contributed by atoms with van der Waals surface area (Å²) in [6.45, 7) is 8.15. The van der Waals surface area contributed by atoms with E-state index in [2.05, 4.69) is 31.1 Å². The van der Waals surface area contributed by atoms with E-state index in [1.54, 1.807) is 6.92 Å². The Kier molecular flexibility index (Phi) is 3.81. The van der Waals surface area contributed by atoms with Crippen LogP contribution in [0.3, 0.4) is 0 Å². The summed E-state index contributed by atoms with van der Waals surface area (Å²) in [5.74, 6) is -0.159. The maximum atomic E-state index is 12.3. The van der Waals surface area contributed by atoms with Gasteiger partial charge in [0.05, 0.1) is 5.69 Å². The molecule has 0 aliphatic carbocycles. The van der Waals surface area contributed by atoms with Crippen LogP contribution in [0.25, 0.3) is 0 Å². The lowest BCUT2D eigenvalue weighted by molar-refractivity contribution is 0.102. The lowest BCUT2D eigenvalue weighted by Crippen LogP contribution is -2.18. The Balaban J connectivity index is 2.31. The molecule has 0 spiro atoms. The summed E-state index contributed by atoms with van der Waals surface area (Å²) in [5, 5.41) is 3.38. The van der Waals surface area contributed by atoms with Gasteiger partial charge in [-0.3, -0.25) is 4.79 Å². The molecule has 0 unspecified atom stereocenters. The number of aromatic nitrogens is 1. The number of hydrogen-bond donors (Lipinski definition) is 2. The number of nitrogen functional groups attached to an aromatic ring is 1. The first-order valence-electron chi connectivity index (χ1n) is 6.43. The van der Waals surface area contributed by atoms with Crippen LogP contribution in [0.15, 0.2) is 24.3 Å². The summed E-state index contributed by atoms with van der Waals surface area (Å²) in [7, 11) is 0. The van der Waals surface area contributed by atoms with Gasteiger partial charge in [0.2, 0.25) is 0 Å². The maximum absolute atomic E-state index is 12.3. The SMILES string of the molecule is Cc1nc(N)sc1C(=O)Nc1ccccc1C(C)(C)C. The highest BCUT2D eigenvalue weighted by atomic mass is 32.1. The number of rotatable bonds is 2. The molecule has 0 aliphatic heterocycles. The first kappa shape index (κ1) is 14.5. The number of anilines is 2. The molecule has 0 saturated carbocycles. The van der Waals surface area contributed by atoms with Gasteiger partial charge in [-0.15, -0.1) is 0 Å². The highest BCUT2D eigenvalue weighted by Crippen LogP contribution is 2.30. The molecule has 1 heterocycles. The van der Waals surface area contributed by atoms with Crippen molar-refractivity contribution in [3.63, 3.8) is 0 Å². The number of amides is 1. The fraction of sp³-hybridized carbons (Fsp3) is 0.333. The van der Waals surface area contributed by atoms with Crippen molar-refractivity contribution in [3.05, 3.63) is 40.4 Å². The number of aryl methyl sites for hydroxylation is 1. The van der Waals surface area contributed by atoms with Crippen LogP contribution in [0.5, 0.6) is 0 Å². The zero-order valence-electron chi connectivity index (χ0n) is 12.2. The Bertz CT molecular complexity index is 641. The van der Waals surface area contributed by atoms with Crippen LogP contribution in [0.2, 0.25) is 0 Å². The van der Waals surface area contributed by atoms with Gasteiger partial charge < -0.3 is 11.1 Å². The second-order valence-electron chi connectivity index (χ2n) is 5.72. The van der Waals surface area contributed by atoms with E-state index in [9.17, 15) is 4.79 Å². The smallest absolute Gasteiger partial charge is 0.267 e. The molecule has 0 bridgehead atoms. The quantitative estimate of drug-likeness (QED) is 0.888. The van der Waals surface area contributed by atoms with Gasteiger partial charge in [0.15, 0.2) is 5.13 Å². The van der Waals surface area contributed by atoms with E-state index in [0.29, 0.717) is 15.7 Å². The minimum atomic E-state index is -0.159. The average molecular weight is 289 g/mol. The molecule has 2 rings (SSSR count). The number of nitrogens with zero attached hydrogens (tertiary/aromatic N) is 1.